The summed E-state index contributed by atoms with van der Waals surface area (Å²) in [6, 6.07) is 14.2. The van der Waals surface area contributed by atoms with Crippen LogP contribution in [0.2, 0.25) is 5.02 Å². The van der Waals surface area contributed by atoms with Crippen LogP contribution in [0.5, 0.6) is 0 Å². The summed E-state index contributed by atoms with van der Waals surface area (Å²) in [5.74, 6) is 0.215. The molecular weight excluding hydrogens is 314 g/mol. The Labute approximate surface area is 140 Å². The highest BCUT2D eigenvalue weighted by molar-refractivity contribution is 6.31. The largest absolute Gasteiger partial charge is 0.389 e. The molecule has 0 spiro atoms. The van der Waals surface area contributed by atoms with E-state index in [0.717, 1.165) is 5.56 Å². The number of nitrogens with zero attached hydrogens (tertiary/aromatic N) is 2. The van der Waals surface area contributed by atoms with Gasteiger partial charge in [-0.3, -0.25) is 4.79 Å². The van der Waals surface area contributed by atoms with Crippen LogP contribution in [0.4, 0.5) is 0 Å². The van der Waals surface area contributed by atoms with Crippen LogP contribution in [0.15, 0.2) is 53.7 Å². The van der Waals surface area contributed by atoms with E-state index in [4.69, 9.17) is 22.2 Å². The Kier molecular flexibility index (Phi) is 5.60. The number of hydrogen-bond donors (Lipinski definition) is 1. The van der Waals surface area contributed by atoms with Gasteiger partial charge in [0.25, 0.3) is 5.91 Å². The van der Waals surface area contributed by atoms with E-state index >= 15 is 0 Å². The SMILES string of the molecule is CN(C)C(=O)c1ccc(CO/N=C(\N)c2cccc(Cl)c2)cc1. The Morgan fingerprint density at radius 2 is 1.87 bits per heavy atom. The molecule has 0 radical (unpaired) electrons. The van der Waals surface area contributed by atoms with Crippen molar-refractivity contribution < 1.29 is 9.63 Å². The van der Waals surface area contributed by atoms with E-state index in [9.17, 15) is 4.79 Å². The van der Waals surface area contributed by atoms with E-state index in [0.29, 0.717) is 16.1 Å². The van der Waals surface area contributed by atoms with Gasteiger partial charge in [0.15, 0.2) is 5.84 Å². The zero-order chi connectivity index (χ0) is 16.8. The third-order valence-corrected chi connectivity index (χ3v) is 3.36. The van der Waals surface area contributed by atoms with Crippen LogP contribution < -0.4 is 5.73 Å². The Hall–Kier alpha value is -2.53. The topological polar surface area (TPSA) is 67.9 Å². The van der Waals surface area contributed by atoms with Gasteiger partial charge in [0.1, 0.15) is 6.61 Å². The van der Waals surface area contributed by atoms with E-state index in [2.05, 4.69) is 5.16 Å². The van der Waals surface area contributed by atoms with Crippen molar-refractivity contribution >= 4 is 23.3 Å². The van der Waals surface area contributed by atoms with Crippen LogP contribution >= 0.6 is 11.6 Å². The molecule has 2 N–H and O–H groups in total. The lowest BCUT2D eigenvalue weighted by Gasteiger charge is -2.10. The third kappa shape index (κ3) is 4.72. The molecule has 0 unspecified atom stereocenters. The molecule has 0 atom stereocenters. The van der Waals surface area contributed by atoms with Crippen LogP contribution in [0.1, 0.15) is 21.5 Å². The fraction of sp³-hybridized carbons (Fsp3) is 0.176. The van der Waals surface area contributed by atoms with Gasteiger partial charge in [-0.05, 0) is 29.8 Å². The summed E-state index contributed by atoms with van der Waals surface area (Å²) in [6.45, 7) is 0.262. The molecule has 5 nitrogen and oxygen atoms in total. The molecule has 2 aromatic carbocycles. The zero-order valence-electron chi connectivity index (χ0n) is 13.0. The van der Waals surface area contributed by atoms with Gasteiger partial charge in [0.2, 0.25) is 0 Å². The number of carbonyl (C=O) groups is 1. The van der Waals surface area contributed by atoms with Crippen LogP contribution in [0.25, 0.3) is 0 Å². The van der Waals surface area contributed by atoms with Crippen molar-refractivity contribution in [3.05, 3.63) is 70.2 Å². The minimum Gasteiger partial charge on any atom is -0.389 e. The highest BCUT2D eigenvalue weighted by Gasteiger charge is 2.07. The number of amides is 1. The predicted molar refractivity (Wildman–Crippen MR) is 91.4 cm³/mol. The first-order valence-electron chi connectivity index (χ1n) is 6.99. The van der Waals surface area contributed by atoms with Gasteiger partial charge in [-0.2, -0.15) is 0 Å². The summed E-state index contributed by atoms with van der Waals surface area (Å²) < 4.78 is 0. The first kappa shape index (κ1) is 16.8. The van der Waals surface area contributed by atoms with Gasteiger partial charge in [0, 0.05) is 30.2 Å². The smallest absolute Gasteiger partial charge is 0.253 e. The average Bonchev–Trinajstić information content (AvgIpc) is 2.54. The Morgan fingerprint density at radius 1 is 1.17 bits per heavy atom. The lowest BCUT2D eigenvalue weighted by atomic mass is 10.1. The lowest BCUT2D eigenvalue weighted by Crippen LogP contribution is -2.21. The first-order chi connectivity index (χ1) is 11.0. The Morgan fingerprint density at radius 3 is 2.48 bits per heavy atom. The molecule has 23 heavy (non-hydrogen) atoms. The van der Waals surface area contributed by atoms with E-state index < -0.39 is 0 Å². The van der Waals surface area contributed by atoms with Crippen molar-refractivity contribution in [1.82, 2.24) is 4.90 Å². The monoisotopic (exact) mass is 331 g/mol. The second-order valence-corrected chi connectivity index (χ2v) is 5.59. The molecular formula is C17H18ClN3O2. The van der Waals surface area contributed by atoms with E-state index in [-0.39, 0.29) is 18.3 Å². The average molecular weight is 332 g/mol. The van der Waals surface area contributed by atoms with Crippen molar-refractivity contribution in [2.75, 3.05) is 14.1 Å². The maximum atomic E-state index is 11.8. The number of benzene rings is 2. The van der Waals surface area contributed by atoms with Crippen LogP contribution in [-0.2, 0) is 11.4 Å². The molecule has 6 heteroatoms. The van der Waals surface area contributed by atoms with Crippen LogP contribution in [0.3, 0.4) is 0 Å². The quantitative estimate of drug-likeness (QED) is 0.520. The molecule has 1 amide bonds. The molecule has 0 aliphatic heterocycles. The highest BCUT2D eigenvalue weighted by Crippen LogP contribution is 2.11. The third-order valence-electron chi connectivity index (χ3n) is 3.12. The second kappa shape index (κ2) is 7.65. The zero-order valence-corrected chi connectivity index (χ0v) is 13.7. The van der Waals surface area contributed by atoms with E-state index in [1.807, 2.05) is 12.1 Å². The first-order valence-corrected chi connectivity index (χ1v) is 7.37. The molecule has 0 bridgehead atoms. The number of halogens is 1. The van der Waals surface area contributed by atoms with E-state index in [1.54, 1.807) is 50.5 Å². The van der Waals surface area contributed by atoms with Crippen LogP contribution in [-0.4, -0.2) is 30.7 Å². The standard InChI is InChI=1S/C17H18ClN3O2/c1-21(2)17(22)13-8-6-12(7-9-13)11-23-20-16(19)14-4-3-5-15(18)10-14/h3-10H,11H2,1-2H3,(H2,19,20). The molecule has 0 saturated heterocycles. The fourth-order valence-electron chi connectivity index (χ4n) is 1.88. The number of carbonyl (C=O) groups excluding carboxylic acids is 1. The van der Waals surface area contributed by atoms with Crippen molar-refractivity contribution in [3.8, 4) is 0 Å². The Balaban J connectivity index is 1.96. The van der Waals surface area contributed by atoms with Gasteiger partial charge in [0.05, 0.1) is 0 Å². The number of rotatable bonds is 5. The molecule has 2 aromatic rings. The summed E-state index contributed by atoms with van der Waals surface area (Å²) in [5.41, 5.74) is 8.06. The normalized spacial score (nSPS) is 11.2. The van der Waals surface area contributed by atoms with Crippen molar-refractivity contribution in [2.45, 2.75) is 6.61 Å². The molecule has 0 aliphatic carbocycles. The molecule has 0 saturated carbocycles. The minimum absolute atomic E-state index is 0.0410. The molecule has 0 fully saturated rings. The predicted octanol–water partition coefficient (Wildman–Crippen LogP) is 2.88. The second-order valence-electron chi connectivity index (χ2n) is 5.16. The molecule has 0 aromatic heterocycles. The number of amidine groups is 1. The molecule has 0 aliphatic rings. The van der Waals surface area contributed by atoms with Gasteiger partial charge in [-0.25, -0.2) is 0 Å². The summed E-state index contributed by atoms with van der Waals surface area (Å²) in [5, 5.41) is 4.46. The van der Waals surface area contributed by atoms with Gasteiger partial charge in [-0.15, -0.1) is 0 Å². The summed E-state index contributed by atoms with van der Waals surface area (Å²) in [7, 11) is 3.43. The number of oxime groups is 1. The van der Waals surface area contributed by atoms with Crippen molar-refractivity contribution in [3.63, 3.8) is 0 Å². The van der Waals surface area contributed by atoms with Gasteiger partial charge in [-0.1, -0.05) is 41.0 Å². The van der Waals surface area contributed by atoms with Crippen molar-refractivity contribution in [2.24, 2.45) is 10.9 Å². The minimum atomic E-state index is -0.0410. The summed E-state index contributed by atoms with van der Waals surface area (Å²) in [4.78, 5) is 18.6. The number of nitrogens with two attached hydrogens (primary N) is 1. The molecule has 2 rings (SSSR count). The lowest BCUT2D eigenvalue weighted by molar-refractivity contribution is 0.0827. The fourth-order valence-corrected chi connectivity index (χ4v) is 2.07. The molecule has 120 valence electrons. The highest BCUT2D eigenvalue weighted by atomic mass is 35.5. The van der Waals surface area contributed by atoms with Gasteiger partial charge < -0.3 is 15.5 Å². The Bertz CT molecular complexity index is 712. The maximum Gasteiger partial charge on any atom is 0.253 e. The van der Waals surface area contributed by atoms with Crippen LogP contribution in [0, 0.1) is 0 Å². The van der Waals surface area contributed by atoms with Gasteiger partial charge >= 0.3 is 0 Å². The van der Waals surface area contributed by atoms with E-state index in [1.165, 1.54) is 4.90 Å². The molecule has 0 heterocycles. The maximum absolute atomic E-state index is 11.8. The summed E-state index contributed by atoms with van der Waals surface area (Å²) >= 11 is 5.90. The summed E-state index contributed by atoms with van der Waals surface area (Å²) in [6.07, 6.45) is 0. The number of hydrogen-bond acceptors (Lipinski definition) is 3. The van der Waals surface area contributed by atoms with Crippen molar-refractivity contribution in [1.29, 1.82) is 0 Å².